The zero-order valence-electron chi connectivity index (χ0n) is 9.35. The number of carbonyl (C=O) groups is 1. The second-order valence-corrected chi connectivity index (χ2v) is 4.39. The number of nitrogens with one attached hydrogen (secondary N) is 2. The van der Waals surface area contributed by atoms with Crippen molar-refractivity contribution in [3.05, 3.63) is 16.6 Å². The quantitative estimate of drug-likeness (QED) is 0.883. The van der Waals surface area contributed by atoms with Crippen LogP contribution >= 0.6 is 36.2 Å². The van der Waals surface area contributed by atoms with Crippen LogP contribution in [0.1, 0.15) is 18.5 Å². The molecule has 0 saturated carbocycles. The second kappa shape index (κ2) is 8.69. The highest BCUT2D eigenvalue weighted by molar-refractivity contribution is 7.07. The van der Waals surface area contributed by atoms with Gasteiger partial charge in [-0.1, -0.05) is 0 Å². The maximum Gasteiger partial charge on any atom is 0.237 e. The Morgan fingerprint density at radius 2 is 2.41 bits per heavy atom. The molecule has 2 N–H and O–H groups in total. The summed E-state index contributed by atoms with van der Waals surface area (Å²) >= 11 is 1.59. The fourth-order valence-electron chi connectivity index (χ4n) is 1.71. The van der Waals surface area contributed by atoms with Crippen molar-refractivity contribution in [1.82, 2.24) is 15.6 Å². The van der Waals surface area contributed by atoms with Crippen LogP contribution in [0.3, 0.4) is 0 Å². The molecular formula is C10H17Cl2N3OS. The highest BCUT2D eigenvalue weighted by Crippen LogP contribution is 2.05. The first-order valence-electron chi connectivity index (χ1n) is 5.24. The number of rotatable bonds is 4. The van der Waals surface area contributed by atoms with Gasteiger partial charge >= 0.3 is 0 Å². The summed E-state index contributed by atoms with van der Waals surface area (Å²) in [5, 5.41) is 8.11. The Bertz CT molecular complexity index is 315. The van der Waals surface area contributed by atoms with E-state index < -0.39 is 0 Å². The number of carbonyl (C=O) groups excluding carboxylic acids is 1. The van der Waals surface area contributed by atoms with Crippen molar-refractivity contribution in [2.24, 2.45) is 0 Å². The fourth-order valence-corrected chi connectivity index (χ4v) is 2.30. The molecule has 0 spiro atoms. The molecule has 1 aliphatic heterocycles. The smallest absolute Gasteiger partial charge is 0.237 e. The van der Waals surface area contributed by atoms with Gasteiger partial charge in [0, 0.05) is 18.3 Å². The van der Waals surface area contributed by atoms with Crippen LogP contribution in [0.5, 0.6) is 0 Å². The SMILES string of the molecule is Cl.Cl.O=C(NCCc1cscn1)[C@@H]1CCCN1. The van der Waals surface area contributed by atoms with Crippen LogP contribution < -0.4 is 10.6 Å². The molecular weight excluding hydrogens is 281 g/mol. The van der Waals surface area contributed by atoms with Crippen molar-refractivity contribution in [2.75, 3.05) is 13.1 Å². The molecule has 0 aliphatic carbocycles. The van der Waals surface area contributed by atoms with Crippen LogP contribution in [0.15, 0.2) is 10.9 Å². The molecule has 2 heterocycles. The number of hydrogen-bond donors (Lipinski definition) is 2. The van der Waals surface area contributed by atoms with E-state index in [0.717, 1.165) is 31.5 Å². The Kier molecular flexibility index (Phi) is 8.51. The number of hydrogen-bond acceptors (Lipinski definition) is 4. The van der Waals surface area contributed by atoms with Gasteiger partial charge in [0.2, 0.25) is 5.91 Å². The Labute approximate surface area is 117 Å². The van der Waals surface area contributed by atoms with Gasteiger partial charge in [0.1, 0.15) is 0 Å². The minimum absolute atomic E-state index is 0. The number of amides is 1. The summed E-state index contributed by atoms with van der Waals surface area (Å²) in [5.41, 5.74) is 2.87. The average Bonchev–Trinajstić information content (AvgIpc) is 2.90. The lowest BCUT2D eigenvalue weighted by Gasteiger charge is -2.10. The first kappa shape index (κ1) is 16.6. The molecule has 0 radical (unpaired) electrons. The monoisotopic (exact) mass is 297 g/mol. The standard InChI is InChI=1S/C10H15N3OS.2ClH/c14-10(9-2-1-4-11-9)12-5-3-8-6-15-7-13-8;;/h6-7,9,11H,1-5H2,(H,12,14);2*1H/t9-;;/m0../s1. The van der Waals surface area contributed by atoms with Crippen molar-refractivity contribution in [1.29, 1.82) is 0 Å². The summed E-state index contributed by atoms with van der Waals surface area (Å²) in [5.74, 6) is 0.128. The van der Waals surface area contributed by atoms with Crippen molar-refractivity contribution in [2.45, 2.75) is 25.3 Å². The molecule has 17 heavy (non-hydrogen) atoms. The molecule has 0 bridgehead atoms. The molecule has 0 unspecified atom stereocenters. The summed E-state index contributed by atoms with van der Waals surface area (Å²) < 4.78 is 0. The molecule has 1 aromatic heterocycles. The van der Waals surface area contributed by atoms with Crippen LogP contribution in [0.4, 0.5) is 0 Å². The van der Waals surface area contributed by atoms with Gasteiger partial charge < -0.3 is 10.6 Å². The predicted molar refractivity (Wildman–Crippen MR) is 74.3 cm³/mol. The van der Waals surface area contributed by atoms with Crippen molar-refractivity contribution >= 4 is 42.1 Å². The Morgan fingerprint density at radius 3 is 3.00 bits per heavy atom. The predicted octanol–water partition coefficient (Wildman–Crippen LogP) is 1.40. The Balaban J connectivity index is 0.00000128. The van der Waals surface area contributed by atoms with Gasteiger partial charge in [0.05, 0.1) is 17.2 Å². The largest absolute Gasteiger partial charge is 0.354 e. The molecule has 7 heteroatoms. The van der Waals surface area contributed by atoms with E-state index in [2.05, 4.69) is 15.6 Å². The molecule has 0 aromatic carbocycles. The number of thiazole rings is 1. The maximum absolute atomic E-state index is 11.6. The molecule has 98 valence electrons. The third-order valence-electron chi connectivity index (χ3n) is 2.54. The molecule has 4 nitrogen and oxygen atoms in total. The summed E-state index contributed by atoms with van der Waals surface area (Å²) in [7, 11) is 0. The number of aromatic nitrogens is 1. The van der Waals surface area contributed by atoms with Gasteiger partial charge in [-0.05, 0) is 19.4 Å². The van der Waals surface area contributed by atoms with Gasteiger partial charge in [0.25, 0.3) is 0 Å². The Morgan fingerprint density at radius 1 is 1.59 bits per heavy atom. The topological polar surface area (TPSA) is 54.0 Å². The Hall–Kier alpha value is -0.360. The lowest BCUT2D eigenvalue weighted by molar-refractivity contribution is -0.122. The van der Waals surface area contributed by atoms with E-state index in [1.807, 2.05) is 10.9 Å². The third kappa shape index (κ3) is 5.21. The lowest BCUT2D eigenvalue weighted by Crippen LogP contribution is -2.41. The highest BCUT2D eigenvalue weighted by Gasteiger charge is 2.21. The molecule has 1 saturated heterocycles. The van der Waals surface area contributed by atoms with Crippen molar-refractivity contribution in [3.8, 4) is 0 Å². The zero-order chi connectivity index (χ0) is 10.5. The average molecular weight is 298 g/mol. The molecule has 1 atom stereocenters. The van der Waals surface area contributed by atoms with Gasteiger partial charge in [-0.3, -0.25) is 4.79 Å². The summed E-state index contributed by atoms with van der Waals surface area (Å²) in [4.78, 5) is 15.7. The van der Waals surface area contributed by atoms with Crippen LogP contribution in [0, 0.1) is 0 Å². The lowest BCUT2D eigenvalue weighted by atomic mass is 10.2. The van der Waals surface area contributed by atoms with Gasteiger partial charge in [0.15, 0.2) is 0 Å². The molecule has 2 rings (SSSR count). The summed E-state index contributed by atoms with van der Waals surface area (Å²) in [6, 6.07) is 0.0282. The normalized spacial score (nSPS) is 18.0. The van der Waals surface area contributed by atoms with Crippen molar-refractivity contribution < 1.29 is 4.79 Å². The third-order valence-corrected chi connectivity index (χ3v) is 3.18. The van der Waals surface area contributed by atoms with E-state index in [4.69, 9.17) is 0 Å². The van der Waals surface area contributed by atoms with Gasteiger partial charge in [-0.15, -0.1) is 36.2 Å². The van der Waals surface area contributed by atoms with Crippen LogP contribution in [0.2, 0.25) is 0 Å². The van der Waals surface area contributed by atoms with Crippen LogP contribution in [0.25, 0.3) is 0 Å². The minimum atomic E-state index is 0. The molecule has 1 aromatic rings. The van der Waals surface area contributed by atoms with E-state index in [9.17, 15) is 4.79 Å². The van der Waals surface area contributed by atoms with Gasteiger partial charge in [-0.25, -0.2) is 4.98 Å². The van der Waals surface area contributed by atoms with E-state index >= 15 is 0 Å². The zero-order valence-corrected chi connectivity index (χ0v) is 11.8. The number of halogens is 2. The van der Waals surface area contributed by atoms with Crippen molar-refractivity contribution in [3.63, 3.8) is 0 Å². The summed E-state index contributed by atoms with van der Waals surface area (Å²) in [6.45, 7) is 1.64. The van der Waals surface area contributed by atoms with Gasteiger partial charge in [-0.2, -0.15) is 0 Å². The number of nitrogens with zero attached hydrogens (tertiary/aromatic N) is 1. The van der Waals surface area contributed by atoms with Crippen LogP contribution in [-0.2, 0) is 11.2 Å². The molecule has 1 amide bonds. The van der Waals surface area contributed by atoms with Crippen LogP contribution in [-0.4, -0.2) is 30.0 Å². The maximum atomic E-state index is 11.6. The first-order chi connectivity index (χ1) is 7.36. The molecule has 1 fully saturated rings. The minimum Gasteiger partial charge on any atom is -0.354 e. The van der Waals surface area contributed by atoms with E-state index in [-0.39, 0.29) is 36.8 Å². The fraction of sp³-hybridized carbons (Fsp3) is 0.600. The molecule has 1 aliphatic rings. The highest BCUT2D eigenvalue weighted by atomic mass is 35.5. The van der Waals surface area contributed by atoms with E-state index in [1.165, 1.54) is 0 Å². The van der Waals surface area contributed by atoms with E-state index in [1.54, 1.807) is 11.3 Å². The second-order valence-electron chi connectivity index (χ2n) is 3.67. The van der Waals surface area contributed by atoms with E-state index in [0.29, 0.717) is 6.54 Å². The first-order valence-corrected chi connectivity index (χ1v) is 6.19. The summed E-state index contributed by atoms with van der Waals surface area (Å²) in [6.07, 6.45) is 2.88.